The smallest absolute Gasteiger partial charge is 0.255 e. The maximum absolute atomic E-state index is 12.6. The van der Waals surface area contributed by atoms with Crippen LogP contribution in [0.5, 0.6) is 5.75 Å². The molecule has 160 valence electrons. The molecule has 0 bridgehead atoms. The summed E-state index contributed by atoms with van der Waals surface area (Å²) in [5, 5.41) is 3.49. The van der Waals surface area contributed by atoms with Crippen LogP contribution in [0.4, 0.5) is 11.4 Å². The Hall–Kier alpha value is -3.22. The summed E-state index contributed by atoms with van der Waals surface area (Å²) >= 11 is 11.9. The van der Waals surface area contributed by atoms with Gasteiger partial charge in [-0.25, -0.2) is 4.99 Å². The van der Waals surface area contributed by atoms with Gasteiger partial charge in [-0.2, -0.15) is 0 Å². The number of rotatable bonds is 6. The SMILES string of the molecule is Cc1ccc(C)c(COc2cc(NC(=O)c3ccc(Cl)c(Cl)c3)ccc2N=C(N)N)c1. The Labute approximate surface area is 190 Å². The highest BCUT2D eigenvalue weighted by Crippen LogP contribution is 2.32. The number of hydrogen-bond donors (Lipinski definition) is 3. The van der Waals surface area contributed by atoms with Gasteiger partial charge in [-0.3, -0.25) is 4.79 Å². The van der Waals surface area contributed by atoms with Crippen molar-refractivity contribution in [1.29, 1.82) is 0 Å². The van der Waals surface area contributed by atoms with Crippen molar-refractivity contribution >= 4 is 46.4 Å². The van der Waals surface area contributed by atoms with Gasteiger partial charge in [0.1, 0.15) is 18.0 Å². The predicted octanol–water partition coefficient (Wildman–Crippen LogP) is 5.35. The number of nitrogens with zero attached hydrogens (tertiary/aromatic N) is 1. The van der Waals surface area contributed by atoms with Crippen molar-refractivity contribution in [2.24, 2.45) is 16.5 Å². The minimum Gasteiger partial charge on any atom is -0.487 e. The van der Waals surface area contributed by atoms with Crippen LogP contribution in [0.2, 0.25) is 10.0 Å². The molecule has 3 aromatic rings. The molecule has 0 aromatic heterocycles. The van der Waals surface area contributed by atoms with Gasteiger partial charge < -0.3 is 21.5 Å². The van der Waals surface area contributed by atoms with Gasteiger partial charge in [-0.1, -0.05) is 47.0 Å². The van der Waals surface area contributed by atoms with E-state index in [1.807, 2.05) is 26.0 Å². The molecule has 0 atom stereocenters. The average Bonchev–Trinajstić information content (AvgIpc) is 2.71. The van der Waals surface area contributed by atoms with E-state index in [0.29, 0.717) is 39.3 Å². The Morgan fingerprint density at radius 1 is 1.00 bits per heavy atom. The fraction of sp³-hybridized carbons (Fsp3) is 0.130. The number of carbonyl (C=O) groups excluding carboxylic acids is 1. The van der Waals surface area contributed by atoms with Crippen LogP contribution in [0.25, 0.3) is 0 Å². The van der Waals surface area contributed by atoms with E-state index in [1.165, 1.54) is 6.07 Å². The van der Waals surface area contributed by atoms with Gasteiger partial charge in [0, 0.05) is 17.3 Å². The van der Waals surface area contributed by atoms with Crippen LogP contribution < -0.4 is 21.5 Å². The van der Waals surface area contributed by atoms with E-state index < -0.39 is 0 Å². The topological polar surface area (TPSA) is 103 Å². The molecule has 0 heterocycles. The highest BCUT2D eigenvalue weighted by Gasteiger charge is 2.12. The lowest BCUT2D eigenvalue weighted by Crippen LogP contribution is -2.22. The Balaban J connectivity index is 1.85. The quantitative estimate of drug-likeness (QED) is 0.343. The van der Waals surface area contributed by atoms with Gasteiger partial charge in [-0.15, -0.1) is 0 Å². The number of ether oxygens (including phenoxy) is 1. The molecule has 0 fully saturated rings. The lowest BCUT2D eigenvalue weighted by molar-refractivity contribution is 0.102. The molecule has 0 saturated heterocycles. The van der Waals surface area contributed by atoms with E-state index in [0.717, 1.165) is 16.7 Å². The van der Waals surface area contributed by atoms with Gasteiger partial charge in [0.05, 0.1) is 10.0 Å². The number of carbonyl (C=O) groups is 1. The van der Waals surface area contributed by atoms with Crippen LogP contribution in [0.3, 0.4) is 0 Å². The van der Waals surface area contributed by atoms with E-state index in [4.69, 9.17) is 39.4 Å². The molecule has 0 aliphatic carbocycles. The molecule has 3 rings (SSSR count). The molecule has 0 saturated carbocycles. The molecule has 1 amide bonds. The van der Waals surface area contributed by atoms with Gasteiger partial charge in [0.15, 0.2) is 5.96 Å². The van der Waals surface area contributed by atoms with Crippen molar-refractivity contribution in [3.05, 3.63) is 86.9 Å². The van der Waals surface area contributed by atoms with Gasteiger partial charge in [-0.05, 0) is 55.3 Å². The number of hydrogen-bond acceptors (Lipinski definition) is 3. The normalized spacial score (nSPS) is 10.5. The van der Waals surface area contributed by atoms with E-state index >= 15 is 0 Å². The van der Waals surface area contributed by atoms with Gasteiger partial charge >= 0.3 is 0 Å². The molecule has 8 heteroatoms. The highest BCUT2D eigenvalue weighted by atomic mass is 35.5. The Kier molecular flexibility index (Phi) is 7.05. The van der Waals surface area contributed by atoms with Crippen molar-refractivity contribution in [3.8, 4) is 5.75 Å². The summed E-state index contributed by atoms with van der Waals surface area (Å²) in [5.74, 6) is -0.000872. The number of amides is 1. The van der Waals surface area contributed by atoms with Crippen molar-refractivity contribution < 1.29 is 9.53 Å². The lowest BCUT2D eigenvalue weighted by atomic mass is 10.1. The number of guanidine groups is 1. The summed E-state index contributed by atoms with van der Waals surface area (Å²) in [5.41, 5.74) is 15.7. The third-order valence-electron chi connectivity index (χ3n) is 4.54. The number of aliphatic imine (C=N–C) groups is 1. The zero-order valence-corrected chi connectivity index (χ0v) is 18.6. The minimum absolute atomic E-state index is 0.0934. The average molecular weight is 457 g/mol. The zero-order valence-electron chi connectivity index (χ0n) is 17.1. The van der Waals surface area contributed by atoms with E-state index in [2.05, 4.69) is 16.4 Å². The standard InChI is InChI=1S/C23H22Cl2N4O2/c1-13-3-4-14(2)16(9-13)12-31-21-11-17(6-8-20(21)29-23(26)27)28-22(30)15-5-7-18(24)19(25)10-15/h3-11H,12H2,1-2H3,(H,28,30)(H4,26,27,29). The van der Waals surface area contributed by atoms with Crippen molar-refractivity contribution in [3.63, 3.8) is 0 Å². The molecular weight excluding hydrogens is 435 g/mol. The monoisotopic (exact) mass is 456 g/mol. The molecule has 0 radical (unpaired) electrons. The number of nitrogens with one attached hydrogen (secondary N) is 1. The van der Waals surface area contributed by atoms with Crippen LogP contribution in [0.15, 0.2) is 59.6 Å². The maximum Gasteiger partial charge on any atom is 0.255 e. The molecule has 0 aliphatic heterocycles. The highest BCUT2D eigenvalue weighted by molar-refractivity contribution is 6.42. The summed E-state index contributed by atoms with van der Waals surface area (Å²) in [6.07, 6.45) is 0. The Morgan fingerprint density at radius 2 is 1.77 bits per heavy atom. The number of halogens is 2. The summed E-state index contributed by atoms with van der Waals surface area (Å²) < 4.78 is 6.01. The molecule has 5 N–H and O–H groups in total. The summed E-state index contributed by atoms with van der Waals surface area (Å²) in [6.45, 7) is 4.36. The second-order valence-corrected chi connectivity index (χ2v) is 7.84. The Bertz CT molecular complexity index is 1160. The fourth-order valence-electron chi connectivity index (χ4n) is 2.89. The second kappa shape index (κ2) is 9.73. The summed E-state index contributed by atoms with van der Waals surface area (Å²) in [7, 11) is 0. The predicted molar refractivity (Wildman–Crippen MR) is 127 cm³/mol. The van der Waals surface area contributed by atoms with Gasteiger partial charge in [0.25, 0.3) is 5.91 Å². The largest absolute Gasteiger partial charge is 0.487 e. The minimum atomic E-state index is -0.339. The van der Waals surface area contributed by atoms with E-state index in [9.17, 15) is 4.79 Å². The number of aryl methyl sites for hydroxylation is 2. The van der Waals surface area contributed by atoms with Crippen LogP contribution in [-0.2, 0) is 6.61 Å². The molecule has 31 heavy (non-hydrogen) atoms. The summed E-state index contributed by atoms with van der Waals surface area (Å²) in [6, 6.07) is 15.8. The maximum atomic E-state index is 12.6. The molecule has 0 aliphatic rings. The van der Waals surface area contributed by atoms with Crippen LogP contribution in [0.1, 0.15) is 27.0 Å². The fourth-order valence-corrected chi connectivity index (χ4v) is 3.19. The lowest BCUT2D eigenvalue weighted by Gasteiger charge is -2.14. The summed E-state index contributed by atoms with van der Waals surface area (Å²) in [4.78, 5) is 16.7. The van der Waals surface area contributed by atoms with E-state index in [-0.39, 0.29) is 11.9 Å². The van der Waals surface area contributed by atoms with Crippen LogP contribution in [0, 0.1) is 13.8 Å². The number of nitrogens with two attached hydrogens (primary N) is 2. The van der Waals surface area contributed by atoms with Crippen LogP contribution >= 0.6 is 23.2 Å². The Morgan fingerprint density at radius 3 is 2.48 bits per heavy atom. The first kappa shape index (κ1) is 22.5. The van der Waals surface area contributed by atoms with Crippen LogP contribution in [-0.4, -0.2) is 11.9 Å². The third-order valence-corrected chi connectivity index (χ3v) is 5.28. The van der Waals surface area contributed by atoms with Crippen molar-refractivity contribution in [1.82, 2.24) is 0 Å². The zero-order chi connectivity index (χ0) is 22.5. The molecule has 0 spiro atoms. The molecule has 3 aromatic carbocycles. The van der Waals surface area contributed by atoms with Gasteiger partial charge in [0.2, 0.25) is 0 Å². The van der Waals surface area contributed by atoms with Crippen molar-refractivity contribution in [2.75, 3.05) is 5.32 Å². The number of anilines is 1. The van der Waals surface area contributed by atoms with Crippen molar-refractivity contribution in [2.45, 2.75) is 20.5 Å². The first-order valence-electron chi connectivity index (χ1n) is 9.42. The third kappa shape index (κ3) is 5.90. The molecule has 0 unspecified atom stereocenters. The van der Waals surface area contributed by atoms with E-state index in [1.54, 1.807) is 30.3 Å². The molecular formula is C23H22Cl2N4O2. The first-order valence-corrected chi connectivity index (χ1v) is 10.2. The molecule has 6 nitrogen and oxygen atoms in total. The first-order chi connectivity index (χ1) is 14.7. The second-order valence-electron chi connectivity index (χ2n) is 7.02. The number of benzene rings is 3.